The average Bonchev–Trinajstić information content (AvgIpc) is 2.39. The monoisotopic (exact) mass is 249 g/mol. The van der Waals surface area contributed by atoms with Crippen molar-refractivity contribution >= 4 is 5.78 Å². The number of hydrogen-bond donors (Lipinski definition) is 0. The topological polar surface area (TPSA) is 48.4 Å². The molecule has 0 N–H and O–H groups in total. The lowest BCUT2D eigenvalue weighted by atomic mass is 9.88. The van der Waals surface area contributed by atoms with Crippen LogP contribution in [0.25, 0.3) is 0 Å². The standard InChI is InChI=1S/C14H19NO3/c1-3-17-12-8-11(9-15-10-12)13(16)14(2)6-4-5-7-18-14/h8-10H,3-7H2,1-2H3. The second-order valence-corrected chi connectivity index (χ2v) is 4.71. The molecule has 1 aromatic rings. The Morgan fingerprint density at radius 1 is 1.50 bits per heavy atom. The van der Waals surface area contributed by atoms with Crippen LogP contribution in [0.2, 0.25) is 0 Å². The first-order valence-corrected chi connectivity index (χ1v) is 6.42. The Kier molecular flexibility index (Phi) is 3.97. The summed E-state index contributed by atoms with van der Waals surface area (Å²) >= 11 is 0. The van der Waals surface area contributed by atoms with Crippen molar-refractivity contribution in [1.29, 1.82) is 0 Å². The number of carbonyl (C=O) groups excluding carboxylic acids is 1. The van der Waals surface area contributed by atoms with E-state index < -0.39 is 5.60 Å². The molecule has 4 heteroatoms. The van der Waals surface area contributed by atoms with Gasteiger partial charge in [0.15, 0.2) is 5.78 Å². The molecule has 1 atom stereocenters. The molecule has 0 radical (unpaired) electrons. The maximum atomic E-state index is 12.5. The van der Waals surface area contributed by atoms with E-state index in [2.05, 4.69) is 4.98 Å². The van der Waals surface area contributed by atoms with Gasteiger partial charge >= 0.3 is 0 Å². The molecule has 0 saturated carbocycles. The van der Waals surface area contributed by atoms with Crippen molar-refractivity contribution in [2.24, 2.45) is 0 Å². The zero-order valence-corrected chi connectivity index (χ0v) is 10.9. The molecule has 1 aliphatic heterocycles. The zero-order valence-electron chi connectivity index (χ0n) is 10.9. The fraction of sp³-hybridized carbons (Fsp3) is 0.571. The van der Waals surface area contributed by atoms with E-state index >= 15 is 0 Å². The molecule has 1 saturated heterocycles. The van der Waals surface area contributed by atoms with Crippen molar-refractivity contribution in [3.63, 3.8) is 0 Å². The van der Waals surface area contributed by atoms with Gasteiger partial charge in [-0.1, -0.05) is 0 Å². The molecule has 1 fully saturated rings. The predicted octanol–water partition coefficient (Wildman–Crippen LogP) is 2.62. The maximum Gasteiger partial charge on any atom is 0.196 e. The molecule has 98 valence electrons. The SMILES string of the molecule is CCOc1cncc(C(=O)C2(C)CCCCO2)c1. The molecule has 18 heavy (non-hydrogen) atoms. The number of rotatable bonds is 4. The van der Waals surface area contributed by atoms with Crippen molar-refractivity contribution in [3.8, 4) is 5.75 Å². The summed E-state index contributed by atoms with van der Waals surface area (Å²) in [6.07, 6.45) is 6.02. The normalized spacial score (nSPS) is 23.7. The highest BCUT2D eigenvalue weighted by atomic mass is 16.5. The summed E-state index contributed by atoms with van der Waals surface area (Å²) in [4.78, 5) is 16.5. The van der Waals surface area contributed by atoms with E-state index in [4.69, 9.17) is 9.47 Å². The molecular weight excluding hydrogens is 230 g/mol. The number of pyridine rings is 1. The van der Waals surface area contributed by atoms with Gasteiger partial charge in [0.25, 0.3) is 0 Å². The third kappa shape index (κ3) is 2.70. The fourth-order valence-corrected chi connectivity index (χ4v) is 2.21. The summed E-state index contributed by atoms with van der Waals surface area (Å²) < 4.78 is 11.0. The summed E-state index contributed by atoms with van der Waals surface area (Å²) in [5, 5.41) is 0. The third-order valence-electron chi connectivity index (χ3n) is 3.24. The second-order valence-electron chi connectivity index (χ2n) is 4.71. The Balaban J connectivity index is 2.19. The molecule has 0 aromatic carbocycles. The van der Waals surface area contributed by atoms with E-state index in [0.29, 0.717) is 24.5 Å². The van der Waals surface area contributed by atoms with Gasteiger partial charge in [-0.15, -0.1) is 0 Å². The van der Waals surface area contributed by atoms with Gasteiger partial charge in [0.2, 0.25) is 0 Å². The molecule has 0 bridgehead atoms. The lowest BCUT2D eigenvalue weighted by molar-refractivity contribution is -0.0426. The fourth-order valence-electron chi connectivity index (χ4n) is 2.21. The van der Waals surface area contributed by atoms with Gasteiger partial charge in [0.1, 0.15) is 11.4 Å². The maximum absolute atomic E-state index is 12.5. The highest BCUT2D eigenvalue weighted by Gasteiger charge is 2.36. The largest absolute Gasteiger partial charge is 0.492 e. The smallest absolute Gasteiger partial charge is 0.196 e. The number of aromatic nitrogens is 1. The first-order valence-electron chi connectivity index (χ1n) is 6.42. The first-order chi connectivity index (χ1) is 8.65. The summed E-state index contributed by atoms with van der Waals surface area (Å²) in [5.41, 5.74) is -0.143. The lowest BCUT2D eigenvalue weighted by Gasteiger charge is -2.32. The molecule has 0 spiro atoms. The molecule has 1 aliphatic rings. The average molecular weight is 249 g/mol. The number of Topliss-reactive ketones (excluding diaryl/α,β-unsaturated/α-hetero) is 1. The van der Waals surface area contributed by atoms with Gasteiger partial charge in [-0.3, -0.25) is 9.78 Å². The molecule has 0 amide bonds. The Morgan fingerprint density at radius 2 is 2.33 bits per heavy atom. The van der Waals surface area contributed by atoms with Crippen molar-refractivity contribution in [2.45, 2.75) is 38.7 Å². The molecule has 4 nitrogen and oxygen atoms in total. The van der Waals surface area contributed by atoms with Crippen LogP contribution in [0.5, 0.6) is 5.75 Å². The Morgan fingerprint density at radius 3 is 3.00 bits per heavy atom. The molecule has 2 heterocycles. The summed E-state index contributed by atoms with van der Waals surface area (Å²) in [6, 6.07) is 1.74. The number of carbonyl (C=O) groups is 1. The predicted molar refractivity (Wildman–Crippen MR) is 67.9 cm³/mol. The van der Waals surface area contributed by atoms with E-state index in [1.807, 2.05) is 13.8 Å². The van der Waals surface area contributed by atoms with Gasteiger partial charge in [0.05, 0.1) is 12.8 Å². The van der Waals surface area contributed by atoms with Crippen molar-refractivity contribution in [2.75, 3.05) is 13.2 Å². The number of nitrogens with zero attached hydrogens (tertiary/aromatic N) is 1. The molecule has 0 aliphatic carbocycles. The van der Waals surface area contributed by atoms with Crippen LogP contribution < -0.4 is 4.74 Å². The van der Waals surface area contributed by atoms with Gasteiger partial charge in [-0.25, -0.2) is 0 Å². The van der Waals surface area contributed by atoms with E-state index in [1.54, 1.807) is 18.5 Å². The minimum absolute atomic E-state index is 0.00347. The van der Waals surface area contributed by atoms with Crippen molar-refractivity contribution in [3.05, 3.63) is 24.0 Å². The van der Waals surface area contributed by atoms with Crippen LogP contribution in [0.1, 0.15) is 43.5 Å². The van der Waals surface area contributed by atoms with Crippen LogP contribution in [0, 0.1) is 0 Å². The van der Waals surface area contributed by atoms with Crippen LogP contribution in [-0.4, -0.2) is 29.6 Å². The summed E-state index contributed by atoms with van der Waals surface area (Å²) in [7, 11) is 0. The van der Waals surface area contributed by atoms with Gasteiger partial charge in [-0.05, 0) is 39.2 Å². The zero-order chi connectivity index (χ0) is 13.0. The highest BCUT2D eigenvalue weighted by molar-refractivity contribution is 6.02. The third-order valence-corrected chi connectivity index (χ3v) is 3.24. The molecule has 1 aromatic heterocycles. The molecule has 1 unspecified atom stereocenters. The number of ether oxygens (including phenoxy) is 2. The van der Waals surface area contributed by atoms with E-state index in [0.717, 1.165) is 19.3 Å². The van der Waals surface area contributed by atoms with Crippen LogP contribution in [0.3, 0.4) is 0 Å². The Hall–Kier alpha value is -1.42. The van der Waals surface area contributed by atoms with Crippen LogP contribution >= 0.6 is 0 Å². The number of ketones is 1. The summed E-state index contributed by atoms with van der Waals surface area (Å²) in [6.45, 7) is 4.98. The van der Waals surface area contributed by atoms with Crippen molar-refractivity contribution in [1.82, 2.24) is 4.98 Å². The van der Waals surface area contributed by atoms with Gasteiger partial charge in [-0.2, -0.15) is 0 Å². The van der Waals surface area contributed by atoms with Crippen molar-refractivity contribution < 1.29 is 14.3 Å². The second kappa shape index (κ2) is 5.48. The Bertz CT molecular complexity index is 425. The van der Waals surface area contributed by atoms with E-state index in [1.165, 1.54) is 0 Å². The van der Waals surface area contributed by atoms with Gasteiger partial charge < -0.3 is 9.47 Å². The van der Waals surface area contributed by atoms with E-state index in [9.17, 15) is 4.79 Å². The van der Waals surface area contributed by atoms with E-state index in [-0.39, 0.29) is 5.78 Å². The Labute approximate surface area is 107 Å². The highest BCUT2D eigenvalue weighted by Crippen LogP contribution is 2.28. The molecule has 2 rings (SSSR count). The van der Waals surface area contributed by atoms with Crippen LogP contribution in [0.15, 0.2) is 18.5 Å². The molecular formula is C14H19NO3. The quantitative estimate of drug-likeness (QED) is 0.770. The first kappa shape index (κ1) is 13.0. The van der Waals surface area contributed by atoms with Gasteiger partial charge in [0, 0.05) is 18.4 Å². The van der Waals surface area contributed by atoms with Crippen LogP contribution in [-0.2, 0) is 4.74 Å². The number of hydrogen-bond acceptors (Lipinski definition) is 4. The minimum atomic E-state index is -0.704. The van der Waals surface area contributed by atoms with Crippen LogP contribution in [0.4, 0.5) is 0 Å². The lowest BCUT2D eigenvalue weighted by Crippen LogP contribution is -2.41. The summed E-state index contributed by atoms with van der Waals surface area (Å²) in [5.74, 6) is 0.624. The minimum Gasteiger partial charge on any atom is -0.492 e.